The van der Waals surface area contributed by atoms with Gasteiger partial charge in [-0.3, -0.25) is 4.79 Å². The molecule has 30 heavy (non-hydrogen) atoms. The Morgan fingerprint density at radius 3 is 2.53 bits per heavy atom. The van der Waals surface area contributed by atoms with Gasteiger partial charge in [0.2, 0.25) is 5.91 Å². The van der Waals surface area contributed by atoms with Crippen molar-refractivity contribution in [1.29, 1.82) is 10.5 Å². The molecule has 0 spiro atoms. The summed E-state index contributed by atoms with van der Waals surface area (Å²) in [6, 6.07) is 19.6. The van der Waals surface area contributed by atoms with Crippen LogP contribution in [0.15, 0.2) is 60.8 Å². The molecule has 0 aliphatic carbocycles. The lowest BCUT2D eigenvalue weighted by Crippen LogP contribution is -2.35. The number of nitrogens with zero attached hydrogens (tertiary/aromatic N) is 4. The largest absolute Gasteiger partial charge is 0.346 e. The van der Waals surface area contributed by atoms with Crippen LogP contribution in [0.3, 0.4) is 0 Å². The zero-order chi connectivity index (χ0) is 21.5. The van der Waals surface area contributed by atoms with Gasteiger partial charge >= 0.3 is 0 Å². The fourth-order valence-electron chi connectivity index (χ4n) is 3.42. The summed E-state index contributed by atoms with van der Waals surface area (Å²) in [7, 11) is 0. The monoisotopic (exact) mass is 396 g/mol. The molecule has 5 nitrogen and oxygen atoms in total. The highest BCUT2D eigenvalue weighted by atomic mass is 16.2. The minimum Gasteiger partial charge on any atom is -0.346 e. The highest BCUT2D eigenvalue weighted by molar-refractivity contribution is 5.96. The van der Waals surface area contributed by atoms with E-state index >= 15 is 0 Å². The molecule has 0 fully saturated rings. The summed E-state index contributed by atoms with van der Waals surface area (Å²) < 4.78 is 2.06. The van der Waals surface area contributed by atoms with E-state index in [2.05, 4.69) is 16.7 Å². The van der Waals surface area contributed by atoms with Gasteiger partial charge in [0, 0.05) is 47.9 Å². The number of hydrogen-bond acceptors (Lipinski definition) is 3. The number of carbonyl (C=O) groups is 1. The van der Waals surface area contributed by atoms with Gasteiger partial charge in [0.1, 0.15) is 0 Å². The second-order valence-electron chi connectivity index (χ2n) is 7.41. The number of aryl methyl sites for hydroxylation is 1. The van der Waals surface area contributed by atoms with E-state index in [-0.39, 0.29) is 11.9 Å². The zero-order valence-electron chi connectivity index (χ0n) is 17.2. The Hall–Kier alpha value is -3.83. The highest BCUT2D eigenvalue weighted by Crippen LogP contribution is 2.23. The van der Waals surface area contributed by atoms with Crippen LogP contribution in [-0.4, -0.2) is 21.4 Å². The van der Waals surface area contributed by atoms with Crippen LogP contribution in [0.4, 0.5) is 0 Å². The van der Waals surface area contributed by atoms with Crippen LogP contribution in [0, 0.1) is 22.7 Å². The maximum atomic E-state index is 12.9. The van der Waals surface area contributed by atoms with Crippen molar-refractivity contribution in [2.24, 2.45) is 0 Å². The van der Waals surface area contributed by atoms with Gasteiger partial charge in [0.05, 0.1) is 24.1 Å². The lowest BCUT2D eigenvalue weighted by atomic mass is 10.1. The highest BCUT2D eigenvalue weighted by Gasteiger charge is 2.15. The third-order valence-electron chi connectivity index (χ3n) is 5.03. The van der Waals surface area contributed by atoms with Crippen LogP contribution < -0.4 is 0 Å². The Balaban J connectivity index is 1.82. The van der Waals surface area contributed by atoms with E-state index in [9.17, 15) is 4.79 Å². The number of aromatic nitrogens is 1. The van der Waals surface area contributed by atoms with E-state index in [0.29, 0.717) is 25.1 Å². The Kier molecular flexibility index (Phi) is 6.67. The minimum atomic E-state index is -0.0665. The Labute approximate surface area is 177 Å². The van der Waals surface area contributed by atoms with Crippen molar-refractivity contribution in [3.05, 3.63) is 77.5 Å². The van der Waals surface area contributed by atoms with E-state index in [0.717, 1.165) is 22.0 Å². The smallest absolute Gasteiger partial charge is 0.247 e. The number of para-hydroxylation sites is 1. The molecule has 3 rings (SSSR count). The molecular formula is C25H24N4O. The molecule has 0 atom stereocenters. The maximum Gasteiger partial charge on any atom is 0.247 e. The van der Waals surface area contributed by atoms with Crippen LogP contribution in [0.2, 0.25) is 0 Å². The SMILES string of the molecule is CC(C)N(Cc1ccc(C#N)cc1)C(=O)C=Cc1cn(CCC#N)c2ccccc12. The first-order chi connectivity index (χ1) is 14.5. The lowest BCUT2D eigenvalue weighted by Gasteiger charge is -2.25. The number of benzene rings is 2. The molecule has 0 radical (unpaired) electrons. The second-order valence-corrected chi connectivity index (χ2v) is 7.41. The van der Waals surface area contributed by atoms with Crippen LogP contribution in [0.5, 0.6) is 0 Å². The van der Waals surface area contributed by atoms with Crippen molar-refractivity contribution in [2.45, 2.75) is 39.4 Å². The minimum absolute atomic E-state index is 0.0368. The number of hydrogen-bond donors (Lipinski definition) is 0. The molecule has 0 saturated heterocycles. The van der Waals surface area contributed by atoms with Gasteiger partial charge in [-0.05, 0) is 43.7 Å². The van der Waals surface area contributed by atoms with E-state index in [4.69, 9.17) is 10.5 Å². The summed E-state index contributed by atoms with van der Waals surface area (Å²) in [6.45, 7) is 5.08. The van der Waals surface area contributed by atoms with Crippen molar-refractivity contribution in [3.63, 3.8) is 0 Å². The first-order valence-electron chi connectivity index (χ1n) is 9.96. The van der Waals surface area contributed by atoms with E-state index in [1.807, 2.05) is 62.5 Å². The van der Waals surface area contributed by atoms with Gasteiger partial charge in [-0.25, -0.2) is 0 Å². The molecule has 1 amide bonds. The lowest BCUT2D eigenvalue weighted by molar-refractivity contribution is -0.128. The van der Waals surface area contributed by atoms with E-state index in [1.54, 1.807) is 23.1 Å². The number of fused-ring (bicyclic) bond motifs is 1. The van der Waals surface area contributed by atoms with Crippen LogP contribution in [0.1, 0.15) is 37.0 Å². The van der Waals surface area contributed by atoms with Crippen molar-refractivity contribution < 1.29 is 4.79 Å². The Morgan fingerprint density at radius 1 is 1.13 bits per heavy atom. The number of nitriles is 2. The molecular weight excluding hydrogens is 372 g/mol. The molecule has 0 N–H and O–H groups in total. The van der Waals surface area contributed by atoms with Gasteiger partial charge in [0.15, 0.2) is 0 Å². The average molecular weight is 396 g/mol. The summed E-state index contributed by atoms with van der Waals surface area (Å²) in [4.78, 5) is 14.7. The molecule has 3 aromatic rings. The first-order valence-corrected chi connectivity index (χ1v) is 9.96. The van der Waals surface area contributed by atoms with Gasteiger partial charge in [-0.1, -0.05) is 30.3 Å². The molecule has 1 heterocycles. The molecule has 0 saturated carbocycles. The maximum absolute atomic E-state index is 12.9. The fourth-order valence-corrected chi connectivity index (χ4v) is 3.42. The van der Waals surface area contributed by atoms with Crippen LogP contribution in [-0.2, 0) is 17.9 Å². The predicted molar refractivity (Wildman–Crippen MR) is 118 cm³/mol. The number of rotatable bonds is 7. The molecule has 0 aliphatic heterocycles. The number of amides is 1. The first kappa shape index (κ1) is 20.9. The van der Waals surface area contributed by atoms with Gasteiger partial charge in [-0.2, -0.15) is 10.5 Å². The predicted octanol–water partition coefficient (Wildman–Crippen LogP) is 4.88. The van der Waals surface area contributed by atoms with E-state index in [1.165, 1.54) is 0 Å². The van der Waals surface area contributed by atoms with E-state index < -0.39 is 0 Å². The van der Waals surface area contributed by atoms with Crippen molar-refractivity contribution >= 4 is 22.9 Å². The van der Waals surface area contributed by atoms with Crippen molar-refractivity contribution in [3.8, 4) is 12.1 Å². The average Bonchev–Trinajstić information content (AvgIpc) is 3.12. The second kappa shape index (κ2) is 9.58. The molecule has 5 heteroatoms. The van der Waals surface area contributed by atoms with Gasteiger partial charge in [0.25, 0.3) is 0 Å². The van der Waals surface area contributed by atoms with Gasteiger partial charge in [-0.15, -0.1) is 0 Å². The number of carbonyl (C=O) groups excluding carboxylic acids is 1. The molecule has 0 bridgehead atoms. The Bertz CT molecular complexity index is 1140. The summed E-state index contributed by atoms with van der Waals surface area (Å²) in [5.41, 5.74) is 3.60. The molecule has 150 valence electrons. The van der Waals surface area contributed by atoms with Crippen molar-refractivity contribution in [2.75, 3.05) is 0 Å². The molecule has 0 aliphatic rings. The standard InChI is InChI=1S/C25H24N4O/c1-19(2)29(17-21-10-8-20(16-27)9-11-21)25(30)13-12-22-18-28(15-5-14-26)24-7-4-3-6-23(22)24/h3-4,6-13,18-19H,5,15,17H2,1-2H3. The quantitative estimate of drug-likeness (QED) is 0.535. The summed E-state index contributed by atoms with van der Waals surface area (Å²) in [6.07, 6.45) is 5.89. The van der Waals surface area contributed by atoms with Crippen molar-refractivity contribution in [1.82, 2.24) is 9.47 Å². The summed E-state index contributed by atoms with van der Waals surface area (Å²) >= 11 is 0. The Morgan fingerprint density at radius 2 is 1.87 bits per heavy atom. The molecule has 1 aromatic heterocycles. The molecule has 0 unspecified atom stereocenters. The topological polar surface area (TPSA) is 72.8 Å². The summed E-state index contributed by atoms with van der Waals surface area (Å²) in [5.74, 6) is -0.0665. The third-order valence-corrected chi connectivity index (χ3v) is 5.03. The zero-order valence-corrected chi connectivity index (χ0v) is 17.2. The van der Waals surface area contributed by atoms with Crippen LogP contribution in [0.25, 0.3) is 17.0 Å². The van der Waals surface area contributed by atoms with Gasteiger partial charge < -0.3 is 9.47 Å². The molecule has 2 aromatic carbocycles. The van der Waals surface area contributed by atoms with Crippen LogP contribution >= 0.6 is 0 Å². The fraction of sp³-hybridized carbons (Fsp3) is 0.240. The normalized spacial score (nSPS) is 11.0. The summed E-state index contributed by atoms with van der Waals surface area (Å²) in [5, 5.41) is 18.9. The third kappa shape index (κ3) is 4.77.